The van der Waals surface area contributed by atoms with Gasteiger partial charge in [-0.1, -0.05) is 145 Å². The Labute approximate surface area is 572 Å². The van der Waals surface area contributed by atoms with E-state index in [4.69, 9.17) is 18.9 Å². The van der Waals surface area contributed by atoms with Crippen molar-refractivity contribution in [3.63, 3.8) is 0 Å². The summed E-state index contributed by atoms with van der Waals surface area (Å²) < 4.78 is 20.2. The number of ether oxygens (including phenoxy) is 4. The van der Waals surface area contributed by atoms with Crippen molar-refractivity contribution >= 4 is 23.9 Å². The van der Waals surface area contributed by atoms with E-state index in [0.717, 1.165) is 124 Å². The van der Waals surface area contributed by atoms with Crippen LogP contribution < -0.4 is 0 Å². The lowest BCUT2D eigenvalue weighted by Crippen LogP contribution is -2.17. The van der Waals surface area contributed by atoms with Gasteiger partial charge in [-0.3, -0.25) is 19.2 Å². The van der Waals surface area contributed by atoms with E-state index >= 15 is 0 Å². The third-order valence-electron chi connectivity index (χ3n) is 29.6. The maximum Gasteiger partial charge on any atom is 0.305 e. The minimum atomic E-state index is -0.0158. The molecule has 8 aliphatic rings. The second-order valence-electron chi connectivity index (χ2n) is 36.2. The molecule has 8 rings (SSSR count). The Morgan fingerprint density at radius 2 is 0.538 bits per heavy atom. The average molecular weight is 1300 g/mol. The molecular formula is C85H148O8. The summed E-state index contributed by atoms with van der Waals surface area (Å²) in [5.41, 5.74) is 0. The zero-order chi connectivity index (χ0) is 66.4. The van der Waals surface area contributed by atoms with Gasteiger partial charge in [0.15, 0.2) is 0 Å². The van der Waals surface area contributed by atoms with Gasteiger partial charge in [-0.25, -0.2) is 0 Å². The van der Waals surface area contributed by atoms with Crippen molar-refractivity contribution in [2.24, 2.45) is 148 Å². The van der Waals surface area contributed by atoms with Crippen molar-refractivity contribution in [2.45, 2.75) is 337 Å². The summed E-state index contributed by atoms with van der Waals surface area (Å²) in [6.07, 6.45) is 58.6. The molecule has 8 aliphatic carbocycles. The van der Waals surface area contributed by atoms with Gasteiger partial charge < -0.3 is 18.9 Å². The molecule has 25 atom stereocenters. The van der Waals surface area contributed by atoms with Gasteiger partial charge in [0, 0.05) is 25.7 Å². The van der Waals surface area contributed by atoms with Crippen LogP contribution in [0.3, 0.4) is 0 Å². The van der Waals surface area contributed by atoms with E-state index in [2.05, 4.69) is 48.5 Å². The SMILES string of the molecule is COC(=O)C[C@H]1CCC([C@H]2CC[C@H]([C@H](C)CCC[C@H](C)CC[C@H](CCC[C@@H](C)[C@H]3CC[C@H](C4CC[C@H](CC(=O)OC)C4)C3)CC[C@H](CC[C@@H](C)CCC[C@@H](C)[C@H]3CC[C@H](C4CC[C@H](CC(=O)OC)C4)C3)CC(C)C[C@@H](C)[C@H]3CC[C@H](C4CC[C@@H](CC(=O)OC)C4)C3)C2)C1. The molecule has 0 bridgehead atoms. The van der Waals surface area contributed by atoms with Gasteiger partial charge in [-0.05, 0) is 315 Å². The summed E-state index contributed by atoms with van der Waals surface area (Å²) >= 11 is 0. The molecular weight excluding hydrogens is 1150 g/mol. The topological polar surface area (TPSA) is 105 Å². The van der Waals surface area contributed by atoms with Crippen LogP contribution in [0.1, 0.15) is 337 Å². The number of esters is 4. The van der Waals surface area contributed by atoms with Crippen molar-refractivity contribution in [1.29, 1.82) is 0 Å². The highest BCUT2D eigenvalue weighted by molar-refractivity contribution is 5.70. The minimum Gasteiger partial charge on any atom is -0.469 e. The lowest BCUT2D eigenvalue weighted by Gasteiger charge is -2.29. The number of carbonyl (C=O) groups excluding carboxylic acids is 4. The average Bonchev–Trinajstić information content (AvgIpc) is 1.78. The number of carbonyl (C=O) groups is 4. The maximum atomic E-state index is 12.2. The fourth-order valence-electron chi connectivity index (χ4n) is 23.3. The molecule has 0 aromatic carbocycles. The smallest absolute Gasteiger partial charge is 0.305 e. The molecule has 0 heterocycles. The van der Waals surface area contributed by atoms with Gasteiger partial charge in [-0.15, -0.1) is 0 Å². The van der Waals surface area contributed by atoms with E-state index in [9.17, 15) is 19.2 Å². The molecule has 8 heteroatoms. The molecule has 0 aromatic rings. The third kappa shape index (κ3) is 24.9. The van der Waals surface area contributed by atoms with Crippen molar-refractivity contribution in [3.05, 3.63) is 0 Å². The molecule has 0 radical (unpaired) electrons. The van der Waals surface area contributed by atoms with E-state index in [1.165, 1.54) is 263 Å². The van der Waals surface area contributed by atoms with E-state index in [1.54, 1.807) is 28.4 Å². The van der Waals surface area contributed by atoms with Crippen LogP contribution in [0.2, 0.25) is 0 Å². The fourth-order valence-corrected chi connectivity index (χ4v) is 23.3. The van der Waals surface area contributed by atoms with E-state index < -0.39 is 0 Å². The summed E-state index contributed by atoms with van der Waals surface area (Å²) in [6.45, 7) is 18.3. The lowest BCUT2D eigenvalue weighted by molar-refractivity contribution is -0.142. The molecule has 0 spiro atoms. The lowest BCUT2D eigenvalue weighted by atomic mass is 9.77. The zero-order valence-corrected chi connectivity index (χ0v) is 62.5. The first-order valence-corrected chi connectivity index (χ1v) is 41.1. The van der Waals surface area contributed by atoms with Crippen molar-refractivity contribution in [3.8, 4) is 0 Å². The Morgan fingerprint density at radius 1 is 0.269 bits per heavy atom. The van der Waals surface area contributed by atoms with Crippen molar-refractivity contribution in [1.82, 2.24) is 0 Å². The summed E-state index contributed by atoms with van der Waals surface area (Å²) in [5, 5.41) is 0. The minimum absolute atomic E-state index is 0.0144. The number of hydrogen-bond acceptors (Lipinski definition) is 8. The monoisotopic (exact) mass is 1300 g/mol. The Bertz CT molecular complexity index is 2160. The van der Waals surface area contributed by atoms with E-state index in [0.29, 0.717) is 49.4 Å². The van der Waals surface area contributed by atoms with Crippen LogP contribution in [0.5, 0.6) is 0 Å². The first kappa shape index (κ1) is 76.6. The first-order valence-electron chi connectivity index (χ1n) is 41.1. The normalized spacial score (nSPS) is 34.3. The number of methoxy groups -OCH3 is 4. The van der Waals surface area contributed by atoms with Crippen molar-refractivity contribution < 1.29 is 38.1 Å². The third-order valence-corrected chi connectivity index (χ3v) is 29.6. The summed E-state index contributed by atoms with van der Waals surface area (Å²) in [5.74, 6) is 19.8. The Balaban J connectivity index is 0.840. The molecule has 0 N–H and O–H groups in total. The van der Waals surface area contributed by atoms with Crippen LogP contribution in [0, 0.1) is 148 Å². The highest BCUT2D eigenvalue weighted by Crippen LogP contribution is 2.53. The second-order valence-corrected chi connectivity index (χ2v) is 36.2. The zero-order valence-electron chi connectivity index (χ0n) is 62.5. The quantitative estimate of drug-likeness (QED) is 0.0440. The molecule has 0 saturated heterocycles. The molecule has 536 valence electrons. The van der Waals surface area contributed by atoms with E-state index in [1.807, 2.05) is 0 Å². The number of rotatable bonds is 41. The van der Waals surface area contributed by atoms with Crippen LogP contribution in [0.15, 0.2) is 0 Å². The van der Waals surface area contributed by atoms with E-state index in [-0.39, 0.29) is 23.9 Å². The predicted molar refractivity (Wildman–Crippen MR) is 383 cm³/mol. The van der Waals surface area contributed by atoms with Gasteiger partial charge in [0.25, 0.3) is 0 Å². The summed E-state index contributed by atoms with van der Waals surface area (Å²) in [4.78, 5) is 48.4. The largest absolute Gasteiger partial charge is 0.469 e. The standard InChI is InChI=1S/C85H148O8/c1-57(15-12-17-60(4)70-35-39-78(53-70)74-31-27-66(45-74)49-82(86)90-8)21-23-64(20-14-19-62(6)72-37-41-80(55-72)76-33-29-68(47-76)51-84(88)92-10)25-26-65(44-59(3)43-63(7)73-38-42-81(56-73)77-34-30-69(48-77)52-85(89)93-11)24-22-58(2)16-13-18-61(5)71-36-40-79(54-71)75-32-28-67(46-75)50-83(87)91-9/h57-81H,12-56H2,1-11H3/t57-,58-,59?,60+,61+,62+,63+,64-,65-,66-,67-,68-,69+,70-,71-,72-,73-,74?,75?,76?,77?,78-,79-,80-,81-/m0/s1. The Kier molecular flexibility index (Phi) is 32.6. The van der Waals surface area contributed by atoms with Gasteiger partial charge in [0.2, 0.25) is 0 Å². The van der Waals surface area contributed by atoms with Crippen LogP contribution in [-0.2, 0) is 38.1 Å². The molecule has 8 saturated carbocycles. The molecule has 8 nitrogen and oxygen atoms in total. The molecule has 5 unspecified atom stereocenters. The van der Waals surface area contributed by atoms with Gasteiger partial charge in [-0.2, -0.15) is 0 Å². The highest BCUT2D eigenvalue weighted by Gasteiger charge is 2.42. The molecule has 0 aromatic heterocycles. The first-order chi connectivity index (χ1) is 44.8. The fraction of sp³-hybridized carbons (Fsp3) is 0.953. The Hall–Kier alpha value is -2.12. The second kappa shape index (κ2) is 39.6. The molecule has 93 heavy (non-hydrogen) atoms. The molecule has 0 aliphatic heterocycles. The van der Waals surface area contributed by atoms with Crippen molar-refractivity contribution in [2.75, 3.05) is 28.4 Å². The van der Waals surface area contributed by atoms with Gasteiger partial charge >= 0.3 is 23.9 Å². The predicted octanol–water partition coefficient (Wildman–Crippen LogP) is 22.9. The van der Waals surface area contributed by atoms with Gasteiger partial charge in [0.1, 0.15) is 0 Å². The molecule has 0 amide bonds. The van der Waals surface area contributed by atoms with Crippen LogP contribution >= 0.6 is 0 Å². The van der Waals surface area contributed by atoms with Gasteiger partial charge in [0.05, 0.1) is 28.4 Å². The van der Waals surface area contributed by atoms with Crippen LogP contribution in [-0.4, -0.2) is 52.3 Å². The number of hydrogen-bond donors (Lipinski definition) is 0. The maximum absolute atomic E-state index is 12.2. The summed E-state index contributed by atoms with van der Waals surface area (Å²) in [7, 11) is 6.19. The highest BCUT2D eigenvalue weighted by atomic mass is 16.5. The van der Waals surface area contributed by atoms with Crippen LogP contribution in [0.25, 0.3) is 0 Å². The molecule has 8 fully saturated rings. The summed E-state index contributed by atoms with van der Waals surface area (Å²) in [6, 6.07) is 0. The Morgan fingerprint density at radius 3 is 0.871 bits per heavy atom. The van der Waals surface area contributed by atoms with Crippen LogP contribution in [0.4, 0.5) is 0 Å².